The first-order chi connectivity index (χ1) is 12.1. The molecule has 1 saturated heterocycles. The van der Waals surface area contributed by atoms with Gasteiger partial charge in [-0.05, 0) is 49.4 Å². The van der Waals surface area contributed by atoms with Crippen molar-refractivity contribution in [1.82, 2.24) is 15.2 Å². The minimum absolute atomic E-state index is 0.0213. The van der Waals surface area contributed by atoms with Gasteiger partial charge in [-0.2, -0.15) is 0 Å². The normalized spacial score (nSPS) is 15.0. The van der Waals surface area contributed by atoms with Crippen molar-refractivity contribution in [3.05, 3.63) is 65.5 Å². The molecule has 0 unspecified atom stereocenters. The number of carbonyl (C=O) groups excluding carboxylic acids is 2. The first-order valence-electron chi connectivity index (χ1n) is 8.68. The summed E-state index contributed by atoms with van der Waals surface area (Å²) in [7, 11) is 0. The maximum atomic E-state index is 12.4. The minimum atomic E-state index is -0.0213. The number of piperidine rings is 1. The predicted molar refractivity (Wildman–Crippen MR) is 96.4 cm³/mol. The molecule has 0 bridgehead atoms. The summed E-state index contributed by atoms with van der Waals surface area (Å²) < 4.78 is 0. The van der Waals surface area contributed by atoms with Gasteiger partial charge in [0.05, 0.1) is 5.56 Å². The van der Waals surface area contributed by atoms with E-state index in [1.807, 2.05) is 36.1 Å². The smallest absolute Gasteiger partial charge is 0.255 e. The van der Waals surface area contributed by atoms with Crippen molar-refractivity contribution in [3.63, 3.8) is 0 Å². The summed E-state index contributed by atoms with van der Waals surface area (Å²) in [6.07, 6.45) is 5.08. The summed E-state index contributed by atoms with van der Waals surface area (Å²) in [5.41, 5.74) is 2.34. The van der Waals surface area contributed by atoms with E-state index >= 15 is 0 Å². The van der Waals surface area contributed by atoms with Gasteiger partial charge in [0.25, 0.3) is 11.8 Å². The number of aromatic nitrogens is 1. The zero-order chi connectivity index (χ0) is 17.6. The molecule has 1 aromatic carbocycles. The van der Waals surface area contributed by atoms with E-state index in [0.717, 1.165) is 37.1 Å². The molecular weight excluding hydrogens is 314 g/mol. The van der Waals surface area contributed by atoms with Crippen LogP contribution in [0.3, 0.4) is 0 Å². The molecule has 1 aliphatic heterocycles. The molecule has 5 nitrogen and oxygen atoms in total. The fourth-order valence-electron chi connectivity index (χ4n) is 3.17. The van der Waals surface area contributed by atoms with E-state index in [0.29, 0.717) is 18.0 Å². The lowest BCUT2D eigenvalue weighted by molar-refractivity contribution is 0.0684. The maximum Gasteiger partial charge on any atom is 0.255 e. The van der Waals surface area contributed by atoms with Crippen LogP contribution in [0, 0.1) is 12.8 Å². The van der Waals surface area contributed by atoms with Gasteiger partial charge in [-0.3, -0.25) is 14.6 Å². The van der Waals surface area contributed by atoms with Crippen molar-refractivity contribution in [2.75, 3.05) is 19.6 Å². The van der Waals surface area contributed by atoms with Crippen LogP contribution in [0.2, 0.25) is 0 Å². The highest BCUT2D eigenvalue weighted by Crippen LogP contribution is 2.18. The topological polar surface area (TPSA) is 62.3 Å². The molecule has 5 heteroatoms. The highest BCUT2D eigenvalue weighted by Gasteiger charge is 2.24. The summed E-state index contributed by atoms with van der Waals surface area (Å²) in [5, 5.41) is 3.03. The van der Waals surface area contributed by atoms with Crippen LogP contribution in [-0.4, -0.2) is 41.3 Å². The van der Waals surface area contributed by atoms with Crippen molar-refractivity contribution in [2.24, 2.45) is 5.92 Å². The molecule has 1 aliphatic rings. The second kappa shape index (κ2) is 7.92. The van der Waals surface area contributed by atoms with Gasteiger partial charge >= 0.3 is 0 Å². The maximum absolute atomic E-state index is 12.4. The number of pyridine rings is 1. The van der Waals surface area contributed by atoms with Crippen LogP contribution in [-0.2, 0) is 0 Å². The third-order valence-corrected chi connectivity index (χ3v) is 4.75. The largest absolute Gasteiger partial charge is 0.352 e. The van der Waals surface area contributed by atoms with Gasteiger partial charge in [-0.25, -0.2) is 0 Å². The number of nitrogens with zero attached hydrogens (tertiary/aromatic N) is 2. The molecule has 0 spiro atoms. The number of aryl methyl sites for hydroxylation is 1. The summed E-state index contributed by atoms with van der Waals surface area (Å²) >= 11 is 0. The molecule has 0 radical (unpaired) electrons. The Kier molecular flexibility index (Phi) is 5.43. The van der Waals surface area contributed by atoms with E-state index in [4.69, 9.17) is 0 Å². The Hall–Kier alpha value is -2.69. The van der Waals surface area contributed by atoms with Crippen LogP contribution in [0.1, 0.15) is 39.1 Å². The van der Waals surface area contributed by atoms with Gasteiger partial charge in [0.2, 0.25) is 0 Å². The molecule has 3 rings (SSSR count). The van der Waals surface area contributed by atoms with Crippen LogP contribution >= 0.6 is 0 Å². The van der Waals surface area contributed by atoms with Gasteiger partial charge in [-0.1, -0.05) is 18.2 Å². The monoisotopic (exact) mass is 337 g/mol. The van der Waals surface area contributed by atoms with E-state index in [1.165, 1.54) is 0 Å². The number of hydrogen-bond acceptors (Lipinski definition) is 3. The molecular formula is C20H23N3O2. The van der Waals surface area contributed by atoms with Gasteiger partial charge in [0.1, 0.15) is 0 Å². The Labute approximate surface area is 148 Å². The van der Waals surface area contributed by atoms with E-state index < -0.39 is 0 Å². The molecule has 2 aromatic rings. The molecule has 0 aliphatic carbocycles. The molecule has 2 heterocycles. The average molecular weight is 337 g/mol. The Balaban J connectivity index is 1.47. The fourth-order valence-corrected chi connectivity index (χ4v) is 3.17. The lowest BCUT2D eigenvalue weighted by atomic mass is 9.96. The number of benzene rings is 1. The third kappa shape index (κ3) is 4.24. The molecule has 2 amide bonds. The van der Waals surface area contributed by atoms with E-state index in [1.54, 1.807) is 24.5 Å². The second-order valence-corrected chi connectivity index (χ2v) is 6.50. The Morgan fingerprint density at radius 1 is 1.16 bits per heavy atom. The van der Waals surface area contributed by atoms with Crippen molar-refractivity contribution in [1.29, 1.82) is 0 Å². The van der Waals surface area contributed by atoms with E-state index in [9.17, 15) is 9.59 Å². The van der Waals surface area contributed by atoms with E-state index in [-0.39, 0.29) is 11.8 Å². The third-order valence-electron chi connectivity index (χ3n) is 4.75. The molecule has 1 fully saturated rings. The van der Waals surface area contributed by atoms with Crippen LogP contribution in [0.15, 0.2) is 48.8 Å². The lowest BCUT2D eigenvalue weighted by Crippen LogP contribution is -2.41. The van der Waals surface area contributed by atoms with Crippen molar-refractivity contribution in [3.8, 4) is 0 Å². The zero-order valence-corrected chi connectivity index (χ0v) is 14.4. The quantitative estimate of drug-likeness (QED) is 0.933. The Morgan fingerprint density at radius 3 is 2.60 bits per heavy atom. The average Bonchev–Trinajstić information content (AvgIpc) is 2.67. The number of hydrogen-bond donors (Lipinski definition) is 1. The zero-order valence-electron chi connectivity index (χ0n) is 14.4. The van der Waals surface area contributed by atoms with Gasteiger partial charge in [-0.15, -0.1) is 0 Å². The SMILES string of the molecule is Cc1ccccc1C(=O)NCC1CCN(C(=O)c2cccnc2)CC1. The van der Waals surface area contributed by atoms with Crippen LogP contribution in [0.5, 0.6) is 0 Å². The van der Waals surface area contributed by atoms with Gasteiger partial charge < -0.3 is 10.2 Å². The van der Waals surface area contributed by atoms with Crippen LogP contribution < -0.4 is 5.32 Å². The van der Waals surface area contributed by atoms with Crippen molar-refractivity contribution >= 4 is 11.8 Å². The summed E-state index contributed by atoms with van der Waals surface area (Å²) in [6, 6.07) is 11.2. The second-order valence-electron chi connectivity index (χ2n) is 6.50. The summed E-state index contributed by atoms with van der Waals surface area (Å²) in [4.78, 5) is 30.6. The molecule has 1 N–H and O–H groups in total. The highest BCUT2D eigenvalue weighted by atomic mass is 16.2. The van der Waals surface area contributed by atoms with E-state index in [2.05, 4.69) is 10.3 Å². The molecule has 1 aromatic heterocycles. The highest BCUT2D eigenvalue weighted by molar-refractivity contribution is 5.95. The number of carbonyl (C=O) groups is 2. The molecule has 0 atom stereocenters. The predicted octanol–water partition coefficient (Wildman–Crippen LogP) is 2.67. The van der Waals surface area contributed by atoms with Crippen LogP contribution in [0.25, 0.3) is 0 Å². The fraction of sp³-hybridized carbons (Fsp3) is 0.350. The van der Waals surface area contributed by atoms with Gasteiger partial charge in [0.15, 0.2) is 0 Å². The Morgan fingerprint density at radius 2 is 1.92 bits per heavy atom. The summed E-state index contributed by atoms with van der Waals surface area (Å²) in [6.45, 7) is 4.04. The van der Waals surface area contributed by atoms with Crippen molar-refractivity contribution in [2.45, 2.75) is 19.8 Å². The van der Waals surface area contributed by atoms with Gasteiger partial charge in [0, 0.05) is 37.6 Å². The number of amides is 2. The number of likely N-dealkylation sites (tertiary alicyclic amines) is 1. The first kappa shape index (κ1) is 17.1. The van der Waals surface area contributed by atoms with Crippen molar-refractivity contribution < 1.29 is 9.59 Å². The minimum Gasteiger partial charge on any atom is -0.352 e. The standard InChI is InChI=1S/C20H23N3O2/c1-15-5-2-3-7-18(15)19(24)22-13-16-8-11-23(12-9-16)20(25)17-6-4-10-21-14-17/h2-7,10,14,16H,8-9,11-13H2,1H3,(H,22,24). The summed E-state index contributed by atoms with van der Waals surface area (Å²) in [5.74, 6) is 0.424. The molecule has 0 saturated carbocycles. The Bertz CT molecular complexity index is 738. The lowest BCUT2D eigenvalue weighted by Gasteiger charge is -2.32. The number of nitrogens with one attached hydrogen (secondary N) is 1. The number of rotatable bonds is 4. The molecule has 25 heavy (non-hydrogen) atoms. The van der Waals surface area contributed by atoms with Crippen LogP contribution in [0.4, 0.5) is 0 Å². The molecule has 130 valence electrons. The first-order valence-corrected chi connectivity index (χ1v) is 8.68.